The van der Waals surface area contributed by atoms with Crippen LogP contribution in [0.15, 0.2) is 21.6 Å². The molecule has 1 rings (SSSR count). The molecule has 6 heteroatoms. The highest BCUT2D eigenvalue weighted by Crippen LogP contribution is 2.18. The summed E-state index contributed by atoms with van der Waals surface area (Å²) in [5.41, 5.74) is 5.39. The van der Waals surface area contributed by atoms with Gasteiger partial charge in [0, 0.05) is 6.04 Å². The SMILES string of the molecule is CCC(CC)C(C)NS(=O)(=O)c1ccc(CN)o1. The van der Waals surface area contributed by atoms with E-state index < -0.39 is 10.0 Å². The highest BCUT2D eigenvalue weighted by atomic mass is 32.2. The lowest BCUT2D eigenvalue weighted by molar-refractivity contribution is 0.377. The van der Waals surface area contributed by atoms with Crippen LogP contribution in [0.3, 0.4) is 0 Å². The first kappa shape index (κ1) is 15.2. The Hall–Kier alpha value is -0.850. The van der Waals surface area contributed by atoms with Gasteiger partial charge in [0.15, 0.2) is 0 Å². The Morgan fingerprint density at radius 2 is 1.94 bits per heavy atom. The van der Waals surface area contributed by atoms with Crippen LogP contribution in [-0.4, -0.2) is 14.5 Å². The van der Waals surface area contributed by atoms with Gasteiger partial charge < -0.3 is 10.2 Å². The van der Waals surface area contributed by atoms with Crippen molar-refractivity contribution in [1.29, 1.82) is 0 Å². The molecule has 1 aromatic heterocycles. The maximum atomic E-state index is 12.1. The fraction of sp³-hybridized carbons (Fsp3) is 0.667. The zero-order chi connectivity index (χ0) is 13.8. The summed E-state index contributed by atoms with van der Waals surface area (Å²) in [6.45, 7) is 6.18. The summed E-state index contributed by atoms with van der Waals surface area (Å²) in [4.78, 5) is 0. The number of rotatable bonds is 7. The lowest BCUT2D eigenvalue weighted by Crippen LogP contribution is -2.37. The molecule has 0 radical (unpaired) electrons. The van der Waals surface area contributed by atoms with E-state index in [1.54, 1.807) is 6.07 Å². The van der Waals surface area contributed by atoms with E-state index in [4.69, 9.17) is 10.2 Å². The van der Waals surface area contributed by atoms with Crippen molar-refractivity contribution in [2.75, 3.05) is 0 Å². The molecule has 0 aromatic carbocycles. The van der Waals surface area contributed by atoms with E-state index in [0.717, 1.165) is 12.8 Å². The minimum absolute atomic E-state index is 0.0687. The molecule has 1 unspecified atom stereocenters. The molecule has 3 N–H and O–H groups in total. The van der Waals surface area contributed by atoms with Gasteiger partial charge in [0.2, 0.25) is 5.09 Å². The Morgan fingerprint density at radius 1 is 1.33 bits per heavy atom. The summed E-state index contributed by atoms with van der Waals surface area (Å²) in [6.07, 6.45) is 1.87. The van der Waals surface area contributed by atoms with Gasteiger partial charge in [-0.15, -0.1) is 0 Å². The Bertz CT molecular complexity index is 463. The van der Waals surface area contributed by atoms with Crippen LogP contribution in [0.2, 0.25) is 0 Å². The van der Waals surface area contributed by atoms with Crippen molar-refractivity contribution in [3.63, 3.8) is 0 Å². The topological polar surface area (TPSA) is 85.3 Å². The smallest absolute Gasteiger partial charge is 0.274 e. The van der Waals surface area contributed by atoms with Crippen LogP contribution in [0, 0.1) is 5.92 Å². The zero-order valence-corrected chi connectivity index (χ0v) is 12.0. The van der Waals surface area contributed by atoms with Crippen LogP contribution >= 0.6 is 0 Å². The summed E-state index contributed by atoms with van der Waals surface area (Å²) in [7, 11) is -3.59. The molecular weight excluding hydrogens is 252 g/mol. The molecule has 18 heavy (non-hydrogen) atoms. The number of hydrogen-bond acceptors (Lipinski definition) is 4. The Morgan fingerprint density at radius 3 is 2.39 bits per heavy atom. The summed E-state index contributed by atoms with van der Waals surface area (Å²) in [5.74, 6) is 0.786. The molecule has 5 nitrogen and oxygen atoms in total. The minimum Gasteiger partial charge on any atom is -0.447 e. The van der Waals surface area contributed by atoms with Gasteiger partial charge in [0.25, 0.3) is 10.0 Å². The molecule has 1 heterocycles. The fourth-order valence-electron chi connectivity index (χ4n) is 2.01. The van der Waals surface area contributed by atoms with E-state index in [1.807, 2.05) is 6.92 Å². The van der Waals surface area contributed by atoms with Crippen LogP contribution in [0.5, 0.6) is 0 Å². The number of nitrogens with one attached hydrogen (secondary N) is 1. The van der Waals surface area contributed by atoms with E-state index in [1.165, 1.54) is 6.07 Å². The van der Waals surface area contributed by atoms with Gasteiger partial charge in [0.05, 0.1) is 6.54 Å². The third-order valence-corrected chi connectivity index (χ3v) is 4.63. The van der Waals surface area contributed by atoms with Crippen LogP contribution in [0.4, 0.5) is 0 Å². The van der Waals surface area contributed by atoms with Gasteiger partial charge >= 0.3 is 0 Å². The Kier molecular flexibility index (Phi) is 5.37. The molecule has 0 aliphatic rings. The monoisotopic (exact) mass is 274 g/mol. The van der Waals surface area contributed by atoms with Crippen molar-refractivity contribution in [2.24, 2.45) is 11.7 Å². The van der Waals surface area contributed by atoms with Crippen molar-refractivity contribution in [3.8, 4) is 0 Å². The molecular formula is C12H22N2O3S. The molecule has 0 aliphatic heterocycles. The predicted octanol–water partition coefficient (Wildman–Crippen LogP) is 1.84. The number of furan rings is 1. The number of sulfonamides is 1. The third-order valence-electron chi connectivity index (χ3n) is 3.20. The molecule has 0 saturated heterocycles. The van der Waals surface area contributed by atoms with E-state index in [-0.39, 0.29) is 17.7 Å². The second-order valence-corrected chi connectivity index (χ2v) is 6.06. The first-order chi connectivity index (χ1) is 8.44. The first-order valence-corrected chi connectivity index (χ1v) is 7.74. The van der Waals surface area contributed by atoms with Gasteiger partial charge in [-0.2, -0.15) is 0 Å². The van der Waals surface area contributed by atoms with Crippen molar-refractivity contribution < 1.29 is 12.8 Å². The zero-order valence-electron chi connectivity index (χ0n) is 11.1. The summed E-state index contributed by atoms with van der Waals surface area (Å²) < 4.78 is 31.9. The van der Waals surface area contributed by atoms with Crippen LogP contribution in [0.1, 0.15) is 39.4 Å². The quantitative estimate of drug-likeness (QED) is 0.794. The molecule has 1 atom stereocenters. The average molecular weight is 274 g/mol. The molecule has 0 bridgehead atoms. The molecule has 0 saturated carbocycles. The van der Waals surface area contributed by atoms with Gasteiger partial charge in [-0.05, 0) is 25.0 Å². The maximum absolute atomic E-state index is 12.1. The lowest BCUT2D eigenvalue weighted by Gasteiger charge is -2.21. The van der Waals surface area contributed by atoms with Gasteiger partial charge in [0.1, 0.15) is 5.76 Å². The van der Waals surface area contributed by atoms with E-state index in [0.29, 0.717) is 11.7 Å². The molecule has 0 amide bonds. The molecule has 0 aliphatic carbocycles. The second-order valence-electron chi connectivity index (χ2n) is 4.41. The van der Waals surface area contributed by atoms with Gasteiger partial charge in [-0.3, -0.25) is 0 Å². The van der Waals surface area contributed by atoms with E-state index in [9.17, 15) is 8.42 Å². The summed E-state index contributed by atoms with van der Waals surface area (Å²) in [6, 6.07) is 2.90. The minimum atomic E-state index is -3.59. The van der Waals surface area contributed by atoms with Crippen molar-refractivity contribution in [2.45, 2.75) is 51.3 Å². The normalized spacial score (nSPS) is 14.1. The van der Waals surface area contributed by atoms with Crippen LogP contribution < -0.4 is 10.5 Å². The molecule has 0 spiro atoms. The highest BCUT2D eigenvalue weighted by Gasteiger charge is 2.24. The summed E-state index contributed by atoms with van der Waals surface area (Å²) >= 11 is 0. The van der Waals surface area contributed by atoms with E-state index >= 15 is 0 Å². The van der Waals surface area contributed by atoms with Crippen molar-refractivity contribution >= 4 is 10.0 Å². The maximum Gasteiger partial charge on any atom is 0.274 e. The van der Waals surface area contributed by atoms with Gasteiger partial charge in [-0.1, -0.05) is 26.7 Å². The Balaban J connectivity index is 2.81. The largest absolute Gasteiger partial charge is 0.447 e. The average Bonchev–Trinajstić information content (AvgIpc) is 2.79. The fourth-order valence-corrected chi connectivity index (χ4v) is 3.27. The second kappa shape index (κ2) is 6.36. The number of hydrogen-bond donors (Lipinski definition) is 2. The van der Waals surface area contributed by atoms with E-state index in [2.05, 4.69) is 18.6 Å². The van der Waals surface area contributed by atoms with Crippen molar-refractivity contribution in [1.82, 2.24) is 4.72 Å². The Labute approximate surface area is 109 Å². The first-order valence-electron chi connectivity index (χ1n) is 6.25. The molecule has 0 fully saturated rings. The summed E-state index contributed by atoms with van der Waals surface area (Å²) in [5, 5.41) is -0.0687. The lowest BCUT2D eigenvalue weighted by atomic mass is 9.96. The third kappa shape index (κ3) is 3.57. The van der Waals surface area contributed by atoms with Crippen LogP contribution in [-0.2, 0) is 16.6 Å². The number of nitrogens with two attached hydrogens (primary N) is 1. The van der Waals surface area contributed by atoms with Crippen molar-refractivity contribution in [3.05, 3.63) is 17.9 Å². The van der Waals surface area contributed by atoms with Gasteiger partial charge in [-0.25, -0.2) is 13.1 Å². The molecule has 1 aromatic rings. The van der Waals surface area contributed by atoms with Crippen LogP contribution in [0.25, 0.3) is 0 Å². The highest BCUT2D eigenvalue weighted by molar-refractivity contribution is 7.89. The molecule has 104 valence electrons. The predicted molar refractivity (Wildman–Crippen MR) is 70.5 cm³/mol. The standard InChI is InChI=1S/C12H22N2O3S/c1-4-10(5-2)9(3)14-18(15,16)12-7-6-11(8-13)17-12/h6-7,9-10,14H,4-5,8,13H2,1-3H3.